The zero-order chi connectivity index (χ0) is 18.5. The monoisotopic (exact) mass is 353 g/mol. The van der Waals surface area contributed by atoms with Crippen LogP contribution in [0.1, 0.15) is 28.9 Å². The van der Waals surface area contributed by atoms with Crippen LogP contribution in [-0.4, -0.2) is 36.2 Å². The Balaban J connectivity index is 1.55. The highest BCUT2D eigenvalue weighted by molar-refractivity contribution is 6.02. The fourth-order valence-electron chi connectivity index (χ4n) is 2.60. The number of pyridine rings is 1. The smallest absolute Gasteiger partial charge is 0.264 e. The van der Waals surface area contributed by atoms with Crippen molar-refractivity contribution in [2.45, 2.75) is 19.4 Å². The van der Waals surface area contributed by atoms with Gasteiger partial charge in [-0.1, -0.05) is 6.07 Å². The Morgan fingerprint density at radius 2 is 2.08 bits per heavy atom. The number of nitrogens with one attached hydrogen (secondary N) is 1. The van der Waals surface area contributed by atoms with Crippen LogP contribution in [0.3, 0.4) is 0 Å². The number of hydrogen-bond acceptors (Lipinski definition) is 5. The maximum absolute atomic E-state index is 12.4. The summed E-state index contributed by atoms with van der Waals surface area (Å²) >= 11 is 0. The molecule has 0 saturated heterocycles. The number of Topliss-reactive ketones (excluding diaryl/α,β-unsaturated/α-hetero) is 1. The third kappa shape index (κ3) is 4.05. The fraction of sp³-hybridized carbons (Fsp3) is 0.263. The SMILES string of the molecule is CN1C(=O)COc2ccc(C(=O)CCC(=O)NCc3ccccn3)cc21. The molecule has 2 amide bonds. The van der Waals surface area contributed by atoms with Gasteiger partial charge in [-0.2, -0.15) is 0 Å². The van der Waals surface area contributed by atoms with Crippen LogP contribution in [0.5, 0.6) is 5.75 Å². The van der Waals surface area contributed by atoms with E-state index >= 15 is 0 Å². The average molecular weight is 353 g/mol. The van der Waals surface area contributed by atoms with Gasteiger partial charge in [0, 0.05) is 31.6 Å². The van der Waals surface area contributed by atoms with Gasteiger partial charge in [-0.25, -0.2) is 0 Å². The first-order chi connectivity index (χ1) is 12.5. The number of carbonyl (C=O) groups excluding carboxylic acids is 3. The quantitative estimate of drug-likeness (QED) is 0.799. The van der Waals surface area contributed by atoms with Gasteiger partial charge in [-0.05, 0) is 30.3 Å². The lowest BCUT2D eigenvalue weighted by molar-refractivity contribution is -0.121. The molecule has 0 bridgehead atoms. The van der Waals surface area contributed by atoms with Gasteiger partial charge in [-0.15, -0.1) is 0 Å². The Morgan fingerprint density at radius 3 is 2.85 bits per heavy atom. The largest absolute Gasteiger partial charge is 0.482 e. The fourth-order valence-corrected chi connectivity index (χ4v) is 2.60. The summed E-state index contributed by atoms with van der Waals surface area (Å²) < 4.78 is 5.34. The molecule has 0 atom stereocenters. The van der Waals surface area contributed by atoms with Gasteiger partial charge in [0.05, 0.1) is 17.9 Å². The number of benzene rings is 1. The first-order valence-electron chi connectivity index (χ1n) is 8.28. The Labute approximate surface area is 151 Å². The van der Waals surface area contributed by atoms with Crippen LogP contribution in [0.25, 0.3) is 0 Å². The molecular formula is C19H19N3O4. The molecule has 1 aromatic heterocycles. The summed E-state index contributed by atoms with van der Waals surface area (Å²) in [5, 5.41) is 2.74. The summed E-state index contributed by atoms with van der Waals surface area (Å²) in [5.74, 6) is 0.0255. The minimum Gasteiger partial charge on any atom is -0.482 e. The predicted molar refractivity (Wildman–Crippen MR) is 95.0 cm³/mol. The Morgan fingerprint density at radius 1 is 1.23 bits per heavy atom. The van der Waals surface area contributed by atoms with Crippen LogP contribution in [0, 0.1) is 0 Å². The van der Waals surface area contributed by atoms with Crippen LogP contribution in [0.15, 0.2) is 42.6 Å². The number of anilines is 1. The van der Waals surface area contributed by atoms with E-state index in [1.165, 1.54) is 4.90 Å². The van der Waals surface area contributed by atoms with Crippen molar-refractivity contribution in [3.63, 3.8) is 0 Å². The third-order valence-electron chi connectivity index (χ3n) is 4.14. The normalized spacial score (nSPS) is 13.0. The molecule has 134 valence electrons. The number of ketones is 1. The maximum Gasteiger partial charge on any atom is 0.264 e. The van der Waals surface area contributed by atoms with E-state index in [1.54, 1.807) is 37.5 Å². The lowest BCUT2D eigenvalue weighted by Gasteiger charge is -2.26. The molecule has 7 nitrogen and oxygen atoms in total. The molecule has 3 rings (SSSR count). The highest BCUT2D eigenvalue weighted by atomic mass is 16.5. The summed E-state index contributed by atoms with van der Waals surface area (Å²) in [6.07, 6.45) is 1.84. The van der Waals surface area contributed by atoms with Crippen molar-refractivity contribution >= 4 is 23.3 Å². The van der Waals surface area contributed by atoms with E-state index in [0.717, 1.165) is 5.69 Å². The van der Waals surface area contributed by atoms with Crippen molar-refractivity contribution in [2.24, 2.45) is 0 Å². The number of likely N-dealkylation sites (N-methyl/N-ethyl adjacent to an activating group) is 1. The highest BCUT2D eigenvalue weighted by Crippen LogP contribution is 2.32. The van der Waals surface area contributed by atoms with Gasteiger partial charge in [0.15, 0.2) is 12.4 Å². The number of nitrogens with zero attached hydrogens (tertiary/aromatic N) is 2. The van der Waals surface area contributed by atoms with Crippen molar-refractivity contribution in [1.82, 2.24) is 10.3 Å². The van der Waals surface area contributed by atoms with Gasteiger partial charge in [0.25, 0.3) is 5.91 Å². The molecule has 1 aromatic carbocycles. The summed E-state index contributed by atoms with van der Waals surface area (Å²) in [5.41, 5.74) is 1.77. The minimum atomic E-state index is -0.211. The second-order valence-corrected chi connectivity index (χ2v) is 5.94. The topological polar surface area (TPSA) is 88.6 Å². The summed E-state index contributed by atoms with van der Waals surface area (Å²) in [4.78, 5) is 41.6. The zero-order valence-electron chi connectivity index (χ0n) is 14.4. The maximum atomic E-state index is 12.4. The molecule has 1 aliphatic heterocycles. The molecule has 7 heteroatoms. The van der Waals surface area contributed by atoms with E-state index < -0.39 is 0 Å². The second kappa shape index (κ2) is 7.77. The number of fused-ring (bicyclic) bond motifs is 1. The Hall–Kier alpha value is -3.22. The molecule has 1 N–H and O–H groups in total. The minimum absolute atomic E-state index is 0.00671. The first-order valence-corrected chi connectivity index (χ1v) is 8.28. The number of amides is 2. The molecule has 1 aliphatic rings. The van der Waals surface area contributed by atoms with Crippen LogP contribution >= 0.6 is 0 Å². The standard InChI is InChI=1S/C19H19N3O4/c1-22-15-10-13(5-7-17(15)26-12-19(22)25)16(23)6-8-18(24)21-11-14-4-2-3-9-20-14/h2-5,7,9-10H,6,8,11-12H2,1H3,(H,21,24). The second-order valence-electron chi connectivity index (χ2n) is 5.94. The number of hydrogen-bond donors (Lipinski definition) is 1. The van der Waals surface area contributed by atoms with Gasteiger partial charge in [0.2, 0.25) is 5.91 Å². The molecular weight excluding hydrogens is 334 g/mol. The highest BCUT2D eigenvalue weighted by Gasteiger charge is 2.23. The van der Waals surface area contributed by atoms with Crippen molar-refractivity contribution in [3.05, 3.63) is 53.9 Å². The molecule has 0 fully saturated rings. The summed E-state index contributed by atoms with van der Waals surface area (Å²) in [6, 6.07) is 10.4. The van der Waals surface area contributed by atoms with Gasteiger partial charge < -0.3 is 15.0 Å². The molecule has 0 saturated carbocycles. The molecule has 26 heavy (non-hydrogen) atoms. The summed E-state index contributed by atoms with van der Waals surface area (Å²) in [6.45, 7) is 0.324. The van der Waals surface area contributed by atoms with E-state index in [9.17, 15) is 14.4 Å². The van der Waals surface area contributed by atoms with Crippen molar-refractivity contribution in [2.75, 3.05) is 18.6 Å². The lowest BCUT2D eigenvalue weighted by Crippen LogP contribution is -2.35. The van der Waals surface area contributed by atoms with Crippen LogP contribution < -0.4 is 15.0 Å². The third-order valence-corrected chi connectivity index (χ3v) is 4.14. The van der Waals surface area contributed by atoms with Gasteiger partial charge >= 0.3 is 0 Å². The number of carbonyl (C=O) groups is 3. The number of ether oxygens (including phenoxy) is 1. The Bertz CT molecular complexity index is 836. The molecule has 2 aromatic rings. The predicted octanol–water partition coefficient (Wildman–Crippen LogP) is 1.72. The van der Waals surface area contributed by atoms with Crippen molar-refractivity contribution < 1.29 is 19.1 Å². The van der Waals surface area contributed by atoms with Crippen LogP contribution in [-0.2, 0) is 16.1 Å². The molecule has 0 radical (unpaired) electrons. The molecule has 0 spiro atoms. The zero-order valence-corrected chi connectivity index (χ0v) is 14.4. The van der Waals surface area contributed by atoms with E-state index in [1.807, 2.05) is 12.1 Å². The van der Waals surface area contributed by atoms with E-state index in [4.69, 9.17) is 4.74 Å². The van der Waals surface area contributed by atoms with E-state index in [2.05, 4.69) is 10.3 Å². The van der Waals surface area contributed by atoms with E-state index in [-0.39, 0.29) is 37.0 Å². The van der Waals surface area contributed by atoms with Gasteiger partial charge in [-0.3, -0.25) is 19.4 Å². The molecule has 2 heterocycles. The lowest BCUT2D eigenvalue weighted by atomic mass is 10.0. The number of rotatable bonds is 6. The molecule has 0 aliphatic carbocycles. The molecule has 0 unspecified atom stereocenters. The summed E-state index contributed by atoms with van der Waals surface area (Å²) in [7, 11) is 1.64. The van der Waals surface area contributed by atoms with Crippen LogP contribution in [0.4, 0.5) is 5.69 Å². The average Bonchev–Trinajstić information content (AvgIpc) is 2.68. The Kier molecular flexibility index (Phi) is 5.26. The number of aromatic nitrogens is 1. The van der Waals surface area contributed by atoms with Crippen molar-refractivity contribution in [3.8, 4) is 5.75 Å². The van der Waals surface area contributed by atoms with Crippen molar-refractivity contribution in [1.29, 1.82) is 0 Å². The van der Waals surface area contributed by atoms with Gasteiger partial charge in [0.1, 0.15) is 5.75 Å². The first kappa shape index (κ1) is 17.6. The van der Waals surface area contributed by atoms with Crippen LogP contribution in [0.2, 0.25) is 0 Å². The van der Waals surface area contributed by atoms with E-state index in [0.29, 0.717) is 23.5 Å².